The molecule has 1 aromatic heterocycles. The molecule has 1 aliphatic heterocycles. The summed E-state index contributed by atoms with van der Waals surface area (Å²) >= 11 is 0. The fraction of sp³-hybridized carbons (Fsp3) is 0.731. The number of halogens is 3. The Balaban J connectivity index is 0.000000945. The SMILES string of the molecule is C/C(=C\c1ncc(C2=NC(CO)C(OC(C)C)CCC2)nc1C)C1(C(F)(F)F)CC1.CCCC. The molecule has 0 spiro atoms. The third kappa shape index (κ3) is 7.11. The molecule has 0 radical (unpaired) electrons. The van der Waals surface area contributed by atoms with Crippen LogP contribution in [0.3, 0.4) is 0 Å². The van der Waals surface area contributed by atoms with Crippen molar-refractivity contribution in [1.29, 1.82) is 0 Å². The van der Waals surface area contributed by atoms with Crippen LogP contribution in [0.1, 0.15) is 96.6 Å². The number of rotatable bonds is 7. The Kier molecular flexibility index (Phi) is 10.2. The monoisotopic (exact) mass is 483 g/mol. The number of aliphatic imine (C=N–C) groups is 1. The minimum Gasteiger partial charge on any atom is -0.394 e. The van der Waals surface area contributed by atoms with Crippen molar-refractivity contribution in [3.8, 4) is 0 Å². The Morgan fingerprint density at radius 1 is 1.26 bits per heavy atom. The number of allylic oxidation sites excluding steroid dienone is 1. The van der Waals surface area contributed by atoms with Gasteiger partial charge in [0.05, 0.1) is 53.6 Å². The number of aromatic nitrogens is 2. The second kappa shape index (κ2) is 12.2. The zero-order valence-corrected chi connectivity index (χ0v) is 21.4. The van der Waals surface area contributed by atoms with Crippen molar-refractivity contribution in [3.05, 3.63) is 28.9 Å². The molecule has 8 heteroatoms. The summed E-state index contributed by atoms with van der Waals surface area (Å²) in [5.74, 6) is 0. The van der Waals surface area contributed by atoms with E-state index in [1.54, 1.807) is 13.1 Å². The topological polar surface area (TPSA) is 67.6 Å². The predicted molar refractivity (Wildman–Crippen MR) is 130 cm³/mol. The lowest BCUT2D eigenvalue weighted by Gasteiger charge is -2.23. The van der Waals surface area contributed by atoms with E-state index < -0.39 is 11.6 Å². The van der Waals surface area contributed by atoms with E-state index in [9.17, 15) is 18.3 Å². The Bertz CT molecular complexity index is 859. The molecule has 192 valence electrons. The van der Waals surface area contributed by atoms with Crippen LogP contribution in [0.25, 0.3) is 6.08 Å². The largest absolute Gasteiger partial charge is 0.398 e. The quantitative estimate of drug-likeness (QED) is 0.483. The molecule has 0 saturated heterocycles. The molecule has 0 aromatic carbocycles. The number of aliphatic hydroxyl groups is 1. The van der Waals surface area contributed by atoms with Crippen LogP contribution in [0, 0.1) is 12.3 Å². The van der Waals surface area contributed by atoms with Gasteiger partial charge in [-0.15, -0.1) is 0 Å². The highest BCUT2D eigenvalue weighted by Crippen LogP contribution is 2.62. The molecule has 34 heavy (non-hydrogen) atoms. The van der Waals surface area contributed by atoms with Gasteiger partial charge in [-0.05, 0) is 65.9 Å². The first-order valence-corrected chi connectivity index (χ1v) is 12.4. The minimum atomic E-state index is -4.24. The lowest BCUT2D eigenvalue weighted by molar-refractivity contribution is -0.174. The van der Waals surface area contributed by atoms with Gasteiger partial charge in [-0.25, -0.2) is 4.98 Å². The Morgan fingerprint density at radius 2 is 1.91 bits per heavy atom. The van der Waals surface area contributed by atoms with Gasteiger partial charge in [0, 0.05) is 0 Å². The molecule has 1 aliphatic carbocycles. The molecule has 2 aliphatic rings. The zero-order chi connectivity index (χ0) is 25.5. The number of aliphatic hydroxyl groups excluding tert-OH is 1. The average molecular weight is 484 g/mol. The first-order chi connectivity index (χ1) is 16.0. The summed E-state index contributed by atoms with van der Waals surface area (Å²) < 4.78 is 46.0. The normalized spacial score (nSPS) is 22.6. The summed E-state index contributed by atoms with van der Waals surface area (Å²) in [6, 6.07) is -0.365. The maximum absolute atomic E-state index is 13.4. The van der Waals surface area contributed by atoms with Crippen molar-refractivity contribution in [2.45, 2.75) is 111 Å². The van der Waals surface area contributed by atoms with Gasteiger partial charge in [0.15, 0.2) is 0 Å². The van der Waals surface area contributed by atoms with Gasteiger partial charge in [-0.3, -0.25) is 9.98 Å². The van der Waals surface area contributed by atoms with Crippen molar-refractivity contribution in [1.82, 2.24) is 9.97 Å². The van der Waals surface area contributed by atoms with E-state index in [0.29, 0.717) is 23.5 Å². The molecule has 1 fully saturated rings. The van der Waals surface area contributed by atoms with Gasteiger partial charge >= 0.3 is 6.18 Å². The van der Waals surface area contributed by atoms with E-state index in [4.69, 9.17) is 4.74 Å². The Labute approximate surface area is 202 Å². The summed E-state index contributed by atoms with van der Waals surface area (Å²) in [6.07, 6.45) is 3.95. The molecule has 1 saturated carbocycles. The molecular weight excluding hydrogens is 443 g/mol. The smallest absolute Gasteiger partial charge is 0.394 e. The van der Waals surface area contributed by atoms with Gasteiger partial charge < -0.3 is 9.84 Å². The molecule has 1 aromatic rings. The second-order valence-corrected chi connectivity index (χ2v) is 9.57. The number of ether oxygens (including phenoxy) is 1. The van der Waals surface area contributed by atoms with E-state index in [0.717, 1.165) is 18.6 Å². The van der Waals surface area contributed by atoms with Crippen LogP contribution in [0.4, 0.5) is 13.2 Å². The number of hydrogen-bond acceptors (Lipinski definition) is 5. The van der Waals surface area contributed by atoms with Gasteiger partial charge in [0.25, 0.3) is 0 Å². The van der Waals surface area contributed by atoms with Gasteiger partial charge in [-0.2, -0.15) is 13.2 Å². The van der Waals surface area contributed by atoms with E-state index in [-0.39, 0.29) is 43.3 Å². The third-order valence-electron chi connectivity index (χ3n) is 6.47. The molecule has 0 amide bonds. The van der Waals surface area contributed by atoms with Crippen LogP contribution in [0.5, 0.6) is 0 Å². The first kappa shape index (κ1) is 28.4. The minimum absolute atomic E-state index is 0.0450. The van der Waals surface area contributed by atoms with E-state index in [1.807, 2.05) is 13.8 Å². The number of nitrogens with zero attached hydrogens (tertiary/aromatic N) is 3. The summed E-state index contributed by atoms with van der Waals surface area (Å²) in [6.45, 7) is 11.4. The maximum Gasteiger partial charge on any atom is 0.398 e. The molecule has 2 heterocycles. The van der Waals surface area contributed by atoms with Crippen LogP contribution in [0.15, 0.2) is 16.8 Å². The van der Waals surface area contributed by atoms with E-state index in [1.165, 1.54) is 25.8 Å². The lowest BCUT2D eigenvalue weighted by atomic mass is 9.95. The third-order valence-corrected chi connectivity index (χ3v) is 6.47. The molecule has 2 atom stereocenters. The van der Waals surface area contributed by atoms with Crippen LogP contribution in [-0.4, -0.2) is 51.8 Å². The van der Waals surface area contributed by atoms with Crippen molar-refractivity contribution >= 4 is 11.8 Å². The van der Waals surface area contributed by atoms with Crippen molar-refractivity contribution in [3.63, 3.8) is 0 Å². The highest BCUT2D eigenvalue weighted by molar-refractivity contribution is 5.99. The highest BCUT2D eigenvalue weighted by atomic mass is 19.4. The van der Waals surface area contributed by atoms with Crippen molar-refractivity contribution in [2.24, 2.45) is 10.4 Å². The highest BCUT2D eigenvalue weighted by Gasteiger charge is 2.64. The predicted octanol–water partition coefficient (Wildman–Crippen LogP) is 6.46. The van der Waals surface area contributed by atoms with E-state index >= 15 is 0 Å². The fourth-order valence-electron chi connectivity index (χ4n) is 4.01. The zero-order valence-electron chi connectivity index (χ0n) is 21.4. The van der Waals surface area contributed by atoms with Crippen LogP contribution >= 0.6 is 0 Å². The molecule has 5 nitrogen and oxygen atoms in total. The standard InChI is InChI=1S/C22H30F3N3O2.C4H10/c1-13(2)30-20-7-5-6-16(28-19(20)12-29)18-11-26-17(15(4)27-18)10-14(3)21(8-9-21)22(23,24)25;1-3-4-2/h10-11,13,19-20,29H,5-9,12H2,1-4H3;3-4H2,1-2H3/b14-10+;. The van der Waals surface area contributed by atoms with Crippen LogP contribution < -0.4 is 0 Å². The summed E-state index contributed by atoms with van der Waals surface area (Å²) in [5, 5.41) is 9.79. The fourth-order valence-corrected chi connectivity index (χ4v) is 4.01. The van der Waals surface area contributed by atoms with E-state index in [2.05, 4.69) is 28.8 Å². The van der Waals surface area contributed by atoms with Crippen molar-refractivity contribution in [2.75, 3.05) is 6.61 Å². The molecular formula is C26H40F3N3O2. The number of unbranched alkanes of at least 4 members (excludes halogenated alkanes) is 1. The van der Waals surface area contributed by atoms with Gasteiger partial charge in [-0.1, -0.05) is 32.3 Å². The molecule has 2 unspecified atom stereocenters. The van der Waals surface area contributed by atoms with Crippen LogP contribution in [0.2, 0.25) is 0 Å². The van der Waals surface area contributed by atoms with Gasteiger partial charge in [0.1, 0.15) is 5.69 Å². The number of aryl methyl sites for hydroxylation is 1. The second-order valence-electron chi connectivity index (χ2n) is 9.57. The van der Waals surface area contributed by atoms with Crippen LogP contribution in [-0.2, 0) is 4.74 Å². The average Bonchev–Trinajstić information content (AvgIpc) is 3.60. The molecule has 0 bridgehead atoms. The summed E-state index contributed by atoms with van der Waals surface area (Å²) in [4.78, 5) is 13.6. The lowest BCUT2D eigenvalue weighted by Crippen LogP contribution is -2.32. The Morgan fingerprint density at radius 3 is 2.38 bits per heavy atom. The van der Waals surface area contributed by atoms with Crippen molar-refractivity contribution < 1.29 is 23.0 Å². The van der Waals surface area contributed by atoms with Gasteiger partial charge in [0.2, 0.25) is 0 Å². The number of alkyl halides is 3. The molecule has 1 N–H and O–H groups in total. The molecule has 3 rings (SSSR count). The first-order valence-electron chi connectivity index (χ1n) is 12.4. The summed E-state index contributed by atoms with van der Waals surface area (Å²) in [7, 11) is 0. The summed E-state index contributed by atoms with van der Waals surface area (Å²) in [5.41, 5.74) is 0.933. The maximum atomic E-state index is 13.4. The Hall–Kier alpha value is -1.80. The number of hydrogen-bond donors (Lipinski definition) is 1.